The van der Waals surface area contributed by atoms with Gasteiger partial charge < -0.3 is 0 Å². The van der Waals surface area contributed by atoms with Gasteiger partial charge in [0.25, 0.3) is 0 Å². The predicted molar refractivity (Wildman–Crippen MR) is 30.3 cm³/mol. The monoisotopic (exact) mass is 340 g/mol. The van der Waals surface area contributed by atoms with Gasteiger partial charge in [0.15, 0.2) is 0 Å². The molecular weight excluding hydrogens is 336 g/mol. The number of benzene rings is 1. The van der Waals surface area contributed by atoms with E-state index in [0.29, 0.717) is 0 Å². The summed E-state index contributed by atoms with van der Waals surface area (Å²) in [5, 5.41) is 0. The fourth-order valence-electron chi connectivity index (χ4n) is 0.570. The summed E-state index contributed by atoms with van der Waals surface area (Å²) in [7, 11) is 0. The Kier molecular flexibility index (Phi) is 3.80. The molecule has 1 aromatic carbocycles. The zero-order chi connectivity index (χ0) is 7.61. The molecule has 0 N–H and O–H groups in total. The van der Waals surface area contributed by atoms with Crippen molar-refractivity contribution in [3.63, 3.8) is 0 Å². The first-order chi connectivity index (χ1) is 4.61. The molecule has 0 nitrogen and oxygen atoms in total. The fourth-order valence-corrected chi connectivity index (χ4v) is 0.570. The van der Waals surface area contributed by atoms with Crippen LogP contribution in [-0.2, 0) is 27.2 Å². The Morgan fingerprint density at radius 2 is 1.91 bits per heavy atom. The van der Waals surface area contributed by atoms with Crippen molar-refractivity contribution in [3.05, 3.63) is 35.9 Å². The topological polar surface area (TPSA) is 0 Å². The minimum Gasteiger partial charge on any atom is -0.166 e. The van der Waals surface area contributed by atoms with Crippen molar-refractivity contribution in [1.29, 1.82) is 0 Å². The molecule has 1 rings (SSSR count). The molecule has 1 radical (unpaired) electrons. The minimum atomic E-state index is -4.24. The maximum atomic E-state index is 11.8. The van der Waals surface area contributed by atoms with Crippen LogP contribution in [0.3, 0.4) is 0 Å². The first kappa shape index (κ1) is 10.7. The largest absolute Gasteiger partial charge is 0.416 e. The van der Waals surface area contributed by atoms with E-state index in [9.17, 15) is 13.2 Å². The maximum absolute atomic E-state index is 11.8. The molecule has 1 aromatic rings. The number of alkyl halides is 3. The van der Waals surface area contributed by atoms with Crippen LogP contribution in [0, 0.1) is 6.07 Å². The molecule has 11 heavy (non-hydrogen) atoms. The summed E-state index contributed by atoms with van der Waals surface area (Å²) in [6.07, 6.45) is -4.24. The van der Waals surface area contributed by atoms with Crippen molar-refractivity contribution in [1.82, 2.24) is 0 Å². The summed E-state index contributed by atoms with van der Waals surface area (Å²) in [5.74, 6) is 0. The molecule has 0 heterocycles. The molecular formula is C7H4F3Pt. The first-order valence-electron chi connectivity index (χ1n) is 2.64. The molecule has 4 heteroatoms. The van der Waals surface area contributed by atoms with E-state index in [1.54, 1.807) is 0 Å². The summed E-state index contributed by atoms with van der Waals surface area (Å²) >= 11 is 0. The van der Waals surface area contributed by atoms with Gasteiger partial charge in [0.05, 0.1) is 5.56 Å². The normalized spacial score (nSPS) is 10.5. The van der Waals surface area contributed by atoms with Crippen LogP contribution in [0.1, 0.15) is 5.56 Å². The van der Waals surface area contributed by atoms with Crippen molar-refractivity contribution < 1.29 is 34.2 Å². The molecule has 0 spiro atoms. The number of rotatable bonds is 0. The summed E-state index contributed by atoms with van der Waals surface area (Å²) in [6.45, 7) is 0. The Hall–Kier alpha value is -0.302. The van der Waals surface area contributed by atoms with Gasteiger partial charge in [0.1, 0.15) is 0 Å². The van der Waals surface area contributed by atoms with Crippen molar-refractivity contribution >= 4 is 0 Å². The molecule has 0 atom stereocenters. The predicted octanol–water partition coefficient (Wildman–Crippen LogP) is 2.50. The third-order valence-electron chi connectivity index (χ3n) is 1.03. The molecule has 0 aliphatic carbocycles. The van der Waals surface area contributed by atoms with Crippen LogP contribution >= 0.6 is 0 Å². The zero-order valence-corrected chi connectivity index (χ0v) is 7.53. The van der Waals surface area contributed by atoms with Crippen molar-refractivity contribution in [2.75, 3.05) is 0 Å². The van der Waals surface area contributed by atoms with Gasteiger partial charge in [-0.15, -0.1) is 0 Å². The van der Waals surface area contributed by atoms with Crippen LogP contribution in [0.5, 0.6) is 0 Å². The number of hydrogen-bond acceptors (Lipinski definition) is 0. The SMILES string of the molecule is FC(F)(F)c1c[c]ccc1.[Pt]. The Labute approximate surface area is 76.7 Å². The first-order valence-corrected chi connectivity index (χ1v) is 2.64. The molecule has 0 aromatic heterocycles. The van der Waals surface area contributed by atoms with E-state index in [-0.39, 0.29) is 21.1 Å². The van der Waals surface area contributed by atoms with Gasteiger partial charge in [-0.25, -0.2) is 0 Å². The van der Waals surface area contributed by atoms with E-state index >= 15 is 0 Å². The van der Waals surface area contributed by atoms with Gasteiger partial charge in [-0.05, 0) is 18.2 Å². The maximum Gasteiger partial charge on any atom is 0.416 e. The molecule has 0 unspecified atom stereocenters. The summed E-state index contributed by atoms with van der Waals surface area (Å²) in [4.78, 5) is 0. The van der Waals surface area contributed by atoms with Crippen molar-refractivity contribution in [2.24, 2.45) is 0 Å². The molecule has 0 bridgehead atoms. The summed E-state index contributed by atoms with van der Waals surface area (Å²) in [5.41, 5.74) is -0.657. The molecule has 0 saturated carbocycles. The van der Waals surface area contributed by atoms with Crippen LogP contribution in [0.25, 0.3) is 0 Å². The number of hydrogen-bond donors (Lipinski definition) is 0. The van der Waals surface area contributed by atoms with Gasteiger partial charge in [-0.1, -0.05) is 12.1 Å². The Morgan fingerprint density at radius 3 is 2.18 bits per heavy atom. The van der Waals surface area contributed by atoms with Gasteiger partial charge in [0, 0.05) is 21.1 Å². The second-order valence-corrected chi connectivity index (χ2v) is 1.79. The second kappa shape index (κ2) is 3.91. The van der Waals surface area contributed by atoms with E-state index in [1.807, 2.05) is 0 Å². The Balaban J connectivity index is 0.000001000. The molecule has 0 aliphatic heterocycles. The summed E-state index contributed by atoms with van der Waals surface area (Å²) < 4.78 is 35.3. The Morgan fingerprint density at radius 1 is 1.27 bits per heavy atom. The molecule has 63 valence electrons. The van der Waals surface area contributed by atoms with E-state index < -0.39 is 11.7 Å². The van der Waals surface area contributed by atoms with Crippen molar-refractivity contribution in [3.8, 4) is 0 Å². The molecule has 0 aliphatic rings. The molecule has 0 fully saturated rings. The van der Waals surface area contributed by atoms with E-state index in [4.69, 9.17) is 0 Å². The van der Waals surface area contributed by atoms with Crippen LogP contribution in [0.2, 0.25) is 0 Å². The summed E-state index contributed by atoms with van der Waals surface area (Å²) in [6, 6.07) is 7.01. The smallest absolute Gasteiger partial charge is 0.166 e. The average Bonchev–Trinajstić information content (AvgIpc) is 1.88. The minimum absolute atomic E-state index is 0. The third kappa shape index (κ3) is 3.06. The van der Waals surface area contributed by atoms with Gasteiger partial charge >= 0.3 is 6.18 Å². The van der Waals surface area contributed by atoms with Crippen LogP contribution < -0.4 is 0 Å². The van der Waals surface area contributed by atoms with Gasteiger partial charge in [0.2, 0.25) is 0 Å². The third-order valence-corrected chi connectivity index (χ3v) is 1.03. The van der Waals surface area contributed by atoms with E-state index in [1.165, 1.54) is 12.1 Å². The van der Waals surface area contributed by atoms with E-state index in [2.05, 4.69) is 6.07 Å². The van der Waals surface area contributed by atoms with Gasteiger partial charge in [-0.2, -0.15) is 13.2 Å². The van der Waals surface area contributed by atoms with Gasteiger partial charge in [-0.3, -0.25) is 0 Å². The molecule has 0 saturated heterocycles. The zero-order valence-electron chi connectivity index (χ0n) is 5.26. The average molecular weight is 340 g/mol. The second-order valence-electron chi connectivity index (χ2n) is 1.79. The quantitative estimate of drug-likeness (QED) is 0.681. The number of halogens is 3. The van der Waals surface area contributed by atoms with Crippen LogP contribution in [0.15, 0.2) is 24.3 Å². The van der Waals surface area contributed by atoms with Crippen LogP contribution in [-0.4, -0.2) is 0 Å². The molecule has 0 amide bonds. The van der Waals surface area contributed by atoms with E-state index in [0.717, 1.165) is 12.1 Å². The van der Waals surface area contributed by atoms with Crippen LogP contribution in [0.4, 0.5) is 13.2 Å². The standard InChI is InChI=1S/C7H4F3.Pt/c8-7(9,10)6-4-2-1-3-5-6;/h1-2,4-5H;. The van der Waals surface area contributed by atoms with Crippen molar-refractivity contribution in [2.45, 2.75) is 6.18 Å². The fraction of sp³-hybridized carbons (Fsp3) is 0.143. The Bertz CT molecular complexity index is 205.